The minimum atomic E-state index is 0.636. The van der Waals surface area contributed by atoms with Crippen molar-refractivity contribution < 1.29 is 0 Å². The van der Waals surface area contributed by atoms with Crippen LogP contribution in [0.25, 0.3) is 100 Å². The Hall–Kier alpha value is -7.63. The highest BCUT2D eigenvalue weighted by Crippen LogP contribution is 2.41. The molecule has 0 bridgehead atoms. The lowest BCUT2D eigenvalue weighted by Gasteiger charge is -2.12. The van der Waals surface area contributed by atoms with Crippen LogP contribution < -0.4 is 0 Å². The molecule has 3 heterocycles. The van der Waals surface area contributed by atoms with Gasteiger partial charge in [0.15, 0.2) is 17.5 Å². The Kier molecular flexibility index (Phi) is 7.42. The highest BCUT2D eigenvalue weighted by Gasteiger charge is 2.19. The molecule has 0 atom stereocenters. The van der Waals surface area contributed by atoms with Crippen LogP contribution in [0.15, 0.2) is 200 Å². The number of nitrogens with zero attached hydrogens (tertiary/aromatic N) is 5. The van der Waals surface area contributed by atoms with Gasteiger partial charge in [0.1, 0.15) is 0 Å². The number of hydrogen-bond donors (Lipinski definition) is 0. The molecule has 0 saturated carbocycles. The lowest BCUT2D eigenvalue weighted by molar-refractivity contribution is 1.07. The van der Waals surface area contributed by atoms with E-state index >= 15 is 0 Å². The van der Waals surface area contributed by atoms with E-state index in [1.165, 1.54) is 43.5 Å². The Morgan fingerprint density at radius 3 is 1.61 bits per heavy atom. The molecule has 56 heavy (non-hydrogen) atoms. The lowest BCUT2D eigenvalue weighted by Crippen LogP contribution is -2.00. The summed E-state index contributed by atoms with van der Waals surface area (Å²) in [5, 5.41) is 6.18. The van der Waals surface area contributed by atoms with Gasteiger partial charge in [-0.2, -0.15) is 0 Å². The summed E-state index contributed by atoms with van der Waals surface area (Å²) in [6.07, 6.45) is 2.19. The minimum absolute atomic E-state index is 0.636. The SMILES string of the molecule is c1ccc(-c2nc(-c3ccccc3)nc(-c3cccc(-c4cccc(-n5c6ccccc6c6c7c(ccc8ccn(-c9ccccc9)c87)ccc65)c4)c3)n2)cc1. The van der Waals surface area contributed by atoms with Gasteiger partial charge in [0.25, 0.3) is 0 Å². The number of benzene rings is 8. The fourth-order valence-corrected chi connectivity index (χ4v) is 8.18. The maximum Gasteiger partial charge on any atom is 0.164 e. The van der Waals surface area contributed by atoms with Crippen LogP contribution in [0.5, 0.6) is 0 Å². The molecular weight excluding hydrogens is 683 g/mol. The fraction of sp³-hybridized carbons (Fsp3) is 0. The molecule has 3 aromatic heterocycles. The summed E-state index contributed by atoms with van der Waals surface area (Å²) in [7, 11) is 0. The van der Waals surface area contributed by atoms with Crippen LogP contribution in [-0.4, -0.2) is 24.1 Å². The van der Waals surface area contributed by atoms with Crippen LogP contribution in [-0.2, 0) is 0 Å². The van der Waals surface area contributed by atoms with Crippen LogP contribution in [0, 0.1) is 0 Å². The van der Waals surface area contributed by atoms with Gasteiger partial charge in [-0.05, 0) is 65.0 Å². The summed E-state index contributed by atoms with van der Waals surface area (Å²) >= 11 is 0. The number of para-hydroxylation sites is 2. The van der Waals surface area contributed by atoms with Crippen LogP contribution in [0.1, 0.15) is 0 Å². The van der Waals surface area contributed by atoms with Crippen LogP contribution in [0.3, 0.4) is 0 Å². The Morgan fingerprint density at radius 2 is 0.875 bits per heavy atom. The van der Waals surface area contributed by atoms with Crippen molar-refractivity contribution in [2.24, 2.45) is 0 Å². The quantitative estimate of drug-likeness (QED) is 0.172. The van der Waals surface area contributed by atoms with Crippen molar-refractivity contribution in [3.8, 4) is 56.7 Å². The molecule has 0 fully saturated rings. The van der Waals surface area contributed by atoms with Crippen molar-refractivity contribution in [2.75, 3.05) is 0 Å². The van der Waals surface area contributed by atoms with E-state index in [1.807, 2.05) is 60.7 Å². The Balaban J connectivity index is 1.07. The number of fused-ring (bicyclic) bond motifs is 7. The van der Waals surface area contributed by atoms with Gasteiger partial charge < -0.3 is 9.13 Å². The summed E-state index contributed by atoms with van der Waals surface area (Å²) in [6, 6.07) is 68.2. The van der Waals surface area contributed by atoms with E-state index < -0.39 is 0 Å². The van der Waals surface area contributed by atoms with Gasteiger partial charge in [-0.1, -0.05) is 146 Å². The highest BCUT2D eigenvalue weighted by atomic mass is 15.0. The molecular formula is C51H33N5. The van der Waals surface area contributed by atoms with E-state index in [0.29, 0.717) is 17.5 Å². The van der Waals surface area contributed by atoms with Gasteiger partial charge in [0.05, 0.1) is 16.6 Å². The predicted octanol–water partition coefficient (Wildman–Crippen LogP) is 12.7. The summed E-state index contributed by atoms with van der Waals surface area (Å²) in [5.41, 5.74) is 10.8. The third kappa shape index (κ3) is 5.29. The molecule has 0 radical (unpaired) electrons. The first-order valence-electron chi connectivity index (χ1n) is 18.9. The van der Waals surface area contributed by atoms with Crippen molar-refractivity contribution in [2.45, 2.75) is 0 Å². The second kappa shape index (κ2) is 13.0. The third-order valence-electron chi connectivity index (χ3n) is 10.8. The van der Waals surface area contributed by atoms with E-state index in [1.54, 1.807) is 0 Å². The summed E-state index contributed by atoms with van der Waals surface area (Å²) < 4.78 is 4.74. The molecule has 8 aromatic carbocycles. The molecule has 0 aliphatic rings. The number of aromatic nitrogens is 5. The molecule has 0 unspecified atom stereocenters. The second-order valence-corrected chi connectivity index (χ2v) is 14.1. The maximum absolute atomic E-state index is 5.00. The highest BCUT2D eigenvalue weighted by molar-refractivity contribution is 6.27. The number of rotatable bonds is 6. The molecule has 5 nitrogen and oxygen atoms in total. The first-order valence-corrected chi connectivity index (χ1v) is 18.9. The normalized spacial score (nSPS) is 11.6. The molecule has 262 valence electrons. The average Bonchev–Trinajstić information content (AvgIpc) is 3.87. The zero-order valence-corrected chi connectivity index (χ0v) is 30.3. The van der Waals surface area contributed by atoms with Crippen molar-refractivity contribution >= 4 is 43.5 Å². The zero-order valence-electron chi connectivity index (χ0n) is 30.3. The Bertz CT molecular complexity index is 3180. The zero-order chi connectivity index (χ0) is 37.0. The monoisotopic (exact) mass is 715 g/mol. The second-order valence-electron chi connectivity index (χ2n) is 14.1. The molecule has 0 aliphatic carbocycles. The van der Waals surface area contributed by atoms with E-state index in [-0.39, 0.29) is 0 Å². The lowest BCUT2D eigenvalue weighted by atomic mass is 10.0. The Labute approximate surface area is 323 Å². The van der Waals surface area contributed by atoms with Crippen molar-refractivity contribution in [3.05, 3.63) is 200 Å². The van der Waals surface area contributed by atoms with Gasteiger partial charge in [-0.15, -0.1) is 0 Å². The topological polar surface area (TPSA) is 48.5 Å². The first kappa shape index (κ1) is 31.9. The molecule has 0 spiro atoms. The van der Waals surface area contributed by atoms with Gasteiger partial charge in [0.2, 0.25) is 0 Å². The minimum Gasteiger partial charge on any atom is -0.316 e. The van der Waals surface area contributed by atoms with E-state index in [2.05, 4.69) is 149 Å². The largest absolute Gasteiger partial charge is 0.316 e. The van der Waals surface area contributed by atoms with Crippen LogP contribution in [0.4, 0.5) is 0 Å². The first-order chi connectivity index (χ1) is 27.8. The summed E-state index contributed by atoms with van der Waals surface area (Å²) in [5.74, 6) is 1.93. The smallest absolute Gasteiger partial charge is 0.164 e. The van der Waals surface area contributed by atoms with E-state index in [0.717, 1.165) is 39.2 Å². The Morgan fingerprint density at radius 1 is 0.339 bits per heavy atom. The molecule has 11 aromatic rings. The number of hydrogen-bond acceptors (Lipinski definition) is 3. The summed E-state index contributed by atoms with van der Waals surface area (Å²) in [4.78, 5) is 14.9. The van der Waals surface area contributed by atoms with E-state index in [9.17, 15) is 0 Å². The molecule has 5 heteroatoms. The molecule has 0 saturated heterocycles. The predicted molar refractivity (Wildman–Crippen MR) is 230 cm³/mol. The van der Waals surface area contributed by atoms with Crippen LogP contribution in [0.2, 0.25) is 0 Å². The van der Waals surface area contributed by atoms with Crippen molar-refractivity contribution in [1.29, 1.82) is 0 Å². The average molecular weight is 716 g/mol. The third-order valence-corrected chi connectivity index (χ3v) is 10.8. The van der Waals surface area contributed by atoms with E-state index in [4.69, 9.17) is 15.0 Å². The molecule has 0 aliphatic heterocycles. The van der Waals surface area contributed by atoms with Crippen molar-refractivity contribution in [3.63, 3.8) is 0 Å². The standard InChI is InChI=1S/C51H33N5/c1-4-14-36(15-5-1)49-52-50(37-16-6-2-7-17-37)54-51(53-49)40-20-12-18-38(32-40)39-19-13-23-42(33-39)56-44-25-11-10-24-43(44)47-45(56)29-28-34-26-27-35-30-31-55(48(35)46(34)47)41-21-8-3-9-22-41/h1-33H. The van der Waals surface area contributed by atoms with Gasteiger partial charge in [0, 0.05) is 55.8 Å². The molecule has 0 N–H and O–H groups in total. The molecule has 0 amide bonds. The fourth-order valence-electron chi connectivity index (χ4n) is 8.18. The molecule has 11 rings (SSSR count). The van der Waals surface area contributed by atoms with Gasteiger partial charge in [-0.3, -0.25) is 0 Å². The van der Waals surface area contributed by atoms with Crippen LogP contribution >= 0.6 is 0 Å². The van der Waals surface area contributed by atoms with Crippen molar-refractivity contribution in [1.82, 2.24) is 24.1 Å². The maximum atomic E-state index is 5.00. The summed E-state index contributed by atoms with van der Waals surface area (Å²) in [6.45, 7) is 0. The van der Waals surface area contributed by atoms with Gasteiger partial charge in [-0.25, -0.2) is 15.0 Å². The van der Waals surface area contributed by atoms with Gasteiger partial charge >= 0.3 is 0 Å².